The molecule has 0 N–H and O–H groups in total. The quantitative estimate of drug-likeness (QED) is 0.318. The molecule has 6 rings (SSSR count). The average molecular weight is 481 g/mol. The van der Waals surface area contributed by atoms with Crippen LogP contribution < -0.4 is 9.47 Å². The summed E-state index contributed by atoms with van der Waals surface area (Å²) in [6.45, 7) is 0.391. The van der Waals surface area contributed by atoms with E-state index in [4.69, 9.17) is 14.5 Å². The molecule has 0 radical (unpaired) electrons. The third kappa shape index (κ3) is 3.60. The zero-order valence-electron chi connectivity index (χ0n) is 20.5. The molecule has 0 bridgehead atoms. The van der Waals surface area contributed by atoms with E-state index in [1.165, 1.54) is 12.8 Å². The molecule has 2 aliphatic carbocycles. The molecular weight excluding hydrogens is 452 g/mol. The fourth-order valence-electron chi connectivity index (χ4n) is 5.75. The minimum Gasteiger partial charge on any atom is -0.494 e. The summed E-state index contributed by atoms with van der Waals surface area (Å²) in [7, 11) is 3.63. The molecule has 6 heteroatoms. The molecule has 2 aliphatic rings. The van der Waals surface area contributed by atoms with Crippen LogP contribution in [0.1, 0.15) is 75.2 Å². The predicted octanol–water partition coefficient (Wildman–Crippen LogP) is 5.98. The fraction of sp³-hybridized carbons (Fsp3) is 0.300. The van der Waals surface area contributed by atoms with E-state index in [1.54, 1.807) is 25.3 Å². The second-order valence-corrected chi connectivity index (χ2v) is 9.71. The highest BCUT2D eigenvalue weighted by Gasteiger charge is 2.41. The Hall–Kier alpha value is -3.93. The van der Waals surface area contributed by atoms with E-state index in [2.05, 4.69) is 4.57 Å². The Balaban J connectivity index is 1.37. The van der Waals surface area contributed by atoms with Gasteiger partial charge in [-0.2, -0.15) is 0 Å². The molecule has 0 aliphatic heterocycles. The summed E-state index contributed by atoms with van der Waals surface area (Å²) in [5.74, 6) is 1.34. The number of carbonyl (C=O) groups is 2. The number of nitrogens with zero attached hydrogens (tertiary/aromatic N) is 2. The monoisotopic (exact) mass is 480 g/mol. The second-order valence-electron chi connectivity index (χ2n) is 9.71. The first-order valence-corrected chi connectivity index (χ1v) is 12.5. The van der Waals surface area contributed by atoms with Crippen molar-refractivity contribution in [1.29, 1.82) is 0 Å². The maximum absolute atomic E-state index is 13.6. The van der Waals surface area contributed by atoms with Crippen LogP contribution in [-0.4, -0.2) is 28.2 Å². The maximum Gasteiger partial charge on any atom is 0.179 e. The Morgan fingerprint density at radius 2 is 1.69 bits per heavy atom. The van der Waals surface area contributed by atoms with E-state index in [-0.39, 0.29) is 11.6 Å². The van der Waals surface area contributed by atoms with Crippen molar-refractivity contribution in [2.45, 2.75) is 44.1 Å². The van der Waals surface area contributed by atoms with Crippen LogP contribution in [0.15, 0.2) is 60.7 Å². The molecule has 1 atom stereocenters. The lowest BCUT2D eigenvalue weighted by Crippen LogP contribution is -2.13. The Morgan fingerprint density at radius 1 is 0.944 bits per heavy atom. The number of ether oxygens (including phenoxy) is 2. The van der Waals surface area contributed by atoms with Crippen LogP contribution in [0.2, 0.25) is 0 Å². The number of carbonyl (C=O) groups excluding carboxylic acids is 2. The summed E-state index contributed by atoms with van der Waals surface area (Å²) >= 11 is 0. The molecule has 0 saturated heterocycles. The minimum absolute atomic E-state index is 0.191. The Morgan fingerprint density at radius 3 is 2.44 bits per heavy atom. The molecule has 0 amide bonds. The first-order valence-electron chi connectivity index (χ1n) is 12.5. The molecule has 1 fully saturated rings. The third-order valence-electron chi connectivity index (χ3n) is 7.60. The summed E-state index contributed by atoms with van der Waals surface area (Å²) in [5, 5.41) is 0. The Labute approximate surface area is 209 Å². The van der Waals surface area contributed by atoms with E-state index in [9.17, 15) is 9.59 Å². The molecule has 182 valence electrons. The molecular formula is C30H28N2O4. The van der Waals surface area contributed by atoms with Crippen molar-refractivity contribution in [1.82, 2.24) is 9.55 Å². The molecule has 6 nitrogen and oxygen atoms in total. The van der Waals surface area contributed by atoms with Gasteiger partial charge in [0.15, 0.2) is 11.6 Å². The first kappa shape index (κ1) is 22.5. The molecule has 1 saturated carbocycles. The van der Waals surface area contributed by atoms with Crippen molar-refractivity contribution in [3.8, 4) is 11.5 Å². The smallest absolute Gasteiger partial charge is 0.179 e. The number of Topliss-reactive ketones (excluding diaryl/α,β-unsaturated/α-hetero) is 2. The highest BCUT2D eigenvalue weighted by molar-refractivity contribution is 6.30. The van der Waals surface area contributed by atoms with Gasteiger partial charge in [0.25, 0.3) is 0 Å². The Kier molecular flexibility index (Phi) is 5.59. The Bertz CT molecular complexity index is 1480. The van der Waals surface area contributed by atoms with Gasteiger partial charge in [0, 0.05) is 24.1 Å². The lowest BCUT2D eigenvalue weighted by molar-refractivity contribution is 0.0890. The van der Waals surface area contributed by atoms with Crippen LogP contribution in [0.25, 0.3) is 11.0 Å². The SMILES string of the molecule is COc1ccc(C2C(=O)c3ccc(OCc4ccccc4)cc3C2=O)c2nc(C3CCCC3)n(C)c12. The van der Waals surface area contributed by atoms with Crippen LogP contribution in [-0.2, 0) is 13.7 Å². The number of ketones is 2. The van der Waals surface area contributed by atoms with Gasteiger partial charge in [-0.05, 0) is 48.2 Å². The minimum atomic E-state index is -0.913. The van der Waals surface area contributed by atoms with Gasteiger partial charge in [-0.3, -0.25) is 9.59 Å². The molecule has 4 aromatic rings. The first-order chi connectivity index (χ1) is 17.6. The summed E-state index contributed by atoms with van der Waals surface area (Å²) in [6.07, 6.45) is 4.60. The van der Waals surface area contributed by atoms with E-state index in [0.29, 0.717) is 46.2 Å². The lowest BCUT2D eigenvalue weighted by atomic mass is 9.93. The number of imidazole rings is 1. The summed E-state index contributed by atoms with van der Waals surface area (Å²) in [5.41, 5.74) is 4.04. The number of hydrogen-bond acceptors (Lipinski definition) is 5. The molecule has 3 aromatic carbocycles. The van der Waals surface area contributed by atoms with Gasteiger partial charge in [0.1, 0.15) is 35.4 Å². The number of fused-ring (bicyclic) bond motifs is 2. The van der Waals surface area contributed by atoms with Gasteiger partial charge < -0.3 is 14.0 Å². The van der Waals surface area contributed by atoms with Crippen LogP contribution in [0.5, 0.6) is 11.5 Å². The summed E-state index contributed by atoms with van der Waals surface area (Å²) < 4.78 is 13.7. The second kappa shape index (κ2) is 8.94. The number of hydrogen-bond donors (Lipinski definition) is 0. The van der Waals surface area contributed by atoms with E-state index in [1.807, 2.05) is 49.5 Å². The number of methoxy groups -OCH3 is 1. The van der Waals surface area contributed by atoms with Crippen LogP contribution in [0.4, 0.5) is 0 Å². The van der Waals surface area contributed by atoms with Crippen molar-refractivity contribution >= 4 is 22.6 Å². The normalized spacial score (nSPS) is 17.7. The molecule has 1 heterocycles. The van der Waals surface area contributed by atoms with Gasteiger partial charge in [-0.15, -0.1) is 0 Å². The van der Waals surface area contributed by atoms with Gasteiger partial charge in [-0.1, -0.05) is 49.2 Å². The zero-order chi connectivity index (χ0) is 24.8. The molecule has 36 heavy (non-hydrogen) atoms. The van der Waals surface area contributed by atoms with Crippen LogP contribution in [0.3, 0.4) is 0 Å². The van der Waals surface area contributed by atoms with Gasteiger partial charge in [0.05, 0.1) is 12.6 Å². The van der Waals surface area contributed by atoms with Crippen molar-refractivity contribution in [3.63, 3.8) is 0 Å². The third-order valence-corrected chi connectivity index (χ3v) is 7.60. The number of rotatable bonds is 6. The molecule has 1 aromatic heterocycles. The summed E-state index contributed by atoms with van der Waals surface area (Å²) in [6, 6.07) is 18.7. The van der Waals surface area contributed by atoms with Crippen molar-refractivity contribution in [3.05, 3.63) is 88.7 Å². The van der Waals surface area contributed by atoms with Crippen molar-refractivity contribution in [2.24, 2.45) is 7.05 Å². The fourth-order valence-corrected chi connectivity index (χ4v) is 5.75. The predicted molar refractivity (Wildman–Crippen MR) is 137 cm³/mol. The largest absolute Gasteiger partial charge is 0.494 e. The lowest BCUT2D eigenvalue weighted by Gasteiger charge is -2.12. The standard InChI is InChI=1S/C30H28N2O4/c1-32-27-24(35-2)15-14-22(26(27)31-30(32)19-10-6-7-11-19)25-28(33)21-13-12-20(16-23(21)29(25)34)36-17-18-8-4-3-5-9-18/h3-5,8-9,12-16,19,25H,6-7,10-11,17H2,1-2H3. The summed E-state index contributed by atoms with van der Waals surface area (Å²) in [4.78, 5) is 32.2. The number of aromatic nitrogens is 2. The number of aryl methyl sites for hydroxylation is 1. The highest BCUT2D eigenvalue weighted by atomic mass is 16.5. The average Bonchev–Trinajstić information content (AvgIpc) is 3.61. The zero-order valence-corrected chi connectivity index (χ0v) is 20.5. The van der Waals surface area contributed by atoms with Crippen LogP contribution >= 0.6 is 0 Å². The maximum atomic E-state index is 13.6. The van der Waals surface area contributed by atoms with Crippen molar-refractivity contribution in [2.75, 3.05) is 7.11 Å². The molecule has 1 unspecified atom stereocenters. The van der Waals surface area contributed by atoms with E-state index >= 15 is 0 Å². The number of benzene rings is 3. The van der Waals surface area contributed by atoms with E-state index in [0.717, 1.165) is 29.7 Å². The van der Waals surface area contributed by atoms with Gasteiger partial charge in [-0.25, -0.2) is 4.98 Å². The van der Waals surface area contributed by atoms with Gasteiger partial charge in [0.2, 0.25) is 0 Å². The van der Waals surface area contributed by atoms with E-state index < -0.39 is 5.92 Å². The molecule has 0 spiro atoms. The van der Waals surface area contributed by atoms with Crippen LogP contribution in [0, 0.1) is 0 Å². The highest BCUT2D eigenvalue weighted by Crippen LogP contribution is 2.42. The van der Waals surface area contributed by atoms with Gasteiger partial charge >= 0.3 is 0 Å². The topological polar surface area (TPSA) is 70.4 Å². The van der Waals surface area contributed by atoms with Crippen molar-refractivity contribution < 1.29 is 19.1 Å².